The van der Waals surface area contributed by atoms with Crippen molar-refractivity contribution in [1.82, 2.24) is 0 Å². The van der Waals surface area contributed by atoms with Crippen LogP contribution in [0.2, 0.25) is 0 Å². The molecule has 2 aromatic rings. The normalized spacial score (nSPS) is 14.8. The second-order valence-electron chi connectivity index (χ2n) is 5.51. The number of ether oxygens (including phenoxy) is 1. The molecule has 2 N–H and O–H groups in total. The zero-order valence-corrected chi connectivity index (χ0v) is 14.6. The first kappa shape index (κ1) is 15.6. The van der Waals surface area contributed by atoms with E-state index in [-0.39, 0.29) is 11.7 Å². The largest absolute Gasteiger partial charge is 0.507 e. The summed E-state index contributed by atoms with van der Waals surface area (Å²) in [5, 5.41) is 13.1. The van der Waals surface area contributed by atoms with Gasteiger partial charge in [-0.1, -0.05) is 15.9 Å². The summed E-state index contributed by atoms with van der Waals surface area (Å²) in [5.74, 6) is 0.426. The molecule has 1 heterocycles. The van der Waals surface area contributed by atoms with Crippen molar-refractivity contribution in [1.29, 1.82) is 0 Å². The lowest BCUT2D eigenvalue weighted by atomic mass is 9.98. The van der Waals surface area contributed by atoms with Gasteiger partial charge in [-0.2, -0.15) is 0 Å². The molecule has 0 aliphatic carbocycles. The summed E-state index contributed by atoms with van der Waals surface area (Å²) >= 11 is 3.49. The van der Waals surface area contributed by atoms with E-state index in [9.17, 15) is 9.90 Å². The third kappa shape index (κ3) is 2.61. The van der Waals surface area contributed by atoms with Crippen molar-refractivity contribution < 1.29 is 14.6 Å². The summed E-state index contributed by atoms with van der Waals surface area (Å²) in [4.78, 5) is 12.4. The topological polar surface area (TPSA) is 58.6 Å². The number of benzene rings is 2. The standard InChI is InChI=1S/C18H16BrNO3/c1-9-6-15(21)11(16(7-9)23-3)8-12-17-10(2)13(19)4-5-14(17)20-18(12)22/h4-8,21H,1-3H3,(H,20,22). The fourth-order valence-electron chi connectivity index (χ4n) is 2.78. The minimum atomic E-state index is -0.191. The van der Waals surface area contributed by atoms with Gasteiger partial charge in [0.15, 0.2) is 0 Å². The van der Waals surface area contributed by atoms with E-state index < -0.39 is 0 Å². The van der Waals surface area contributed by atoms with Gasteiger partial charge in [-0.3, -0.25) is 4.79 Å². The van der Waals surface area contributed by atoms with Crippen molar-refractivity contribution in [3.8, 4) is 11.5 Å². The molecule has 2 aromatic carbocycles. The third-order valence-electron chi connectivity index (χ3n) is 3.93. The van der Waals surface area contributed by atoms with Gasteiger partial charge in [0.05, 0.1) is 18.2 Å². The molecular weight excluding hydrogens is 358 g/mol. The number of aromatic hydroxyl groups is 1. The quantitative estimate of drug-likeness (QED) is 0.772. The van der Waals surface area contributed by atoms with Crippen molar-refractivity contribution in [3.05, 3.63) is 51.0 Å². The minimum absolute atomic E-state index is 0.0863. The maximum absolute atomic E-state index is 12.4. The zero-order valence-electron chi connectivity index (χ0n) is 13.0. The number of hydrogen-bond acceptors (Lipinski definition) is 3. The summed E-state index contributed by atoms with van der Waals surface area (Å²) in [5.41, 5.74) is 4.47. The molecular formula is C18H16BrNO3. The maximum atomic E-state index is 12.4. The average Bonchev–Trinajstić information content (AvgIpc) is 2.82. The second kappa shape index (κ2) is 5.74. The van der Waals surface area contributed by atoms with Crippen LogP contribution in [0.5, 0.6) is 11.5 Å². The molecule has 0 radical (unpaired) electrons. The molecule has 4 nitrogen and oxygen atoms in total. The third-order valence-corrected chi connectivity index (χ3v) is 4.79. The minimum Gasteiger partial charge on any atom is -0.507 e. The number of nitrogens with one attached hydrogen (secondary N) is 1. The molecule has 1 aliphatic heterocycles. The van der Waals surface area contributed by atoms with Crippen LogP contribution in [0.15, 0.2) is 28.7 Å². The highest BCUT2D eigenvalue weighted by Crippen LogP contribution is 2.41. The SMILES string of the molecule is COc1cc(C)cc(O)c1C=C1C(=O)Nc2ccc(Br)c(C)c21. The van der Waals surface area contributed by atoms with Crippen LogP contribution in [0.4, 0.5) is 5.69 Å². The van der Waals surface area contributed by atoms with Crippen LogP contribution in [0.3, 0.4) is 0 Å². The summed E-state index contributed by atoms with van der Waals surface area (Å²) in [6.07, 6.45) is 1.67. The molecule has 118 valence electrons. The highest BCUT2D eigenvalue weighted by molar-refractivity contribution is 9.10. The fraction of sp³-hybridized carbons (Fsp3) is 0.167. The van der Waals surface area contributed by atoms with E-state index in [1.165, 1.54) is 0 Å². The van der Waals surface area contributed by atoms with E-state index in [2.05, 4.69) is 21.2 Å². The molecule has 0 atom stereocenters. The Balaban J connectivity index is 2.24. The Kier molecular flexibility index (Phi) is 3.90. The Hall–Kier alpha value is -2.27. The summed E-state index contributed by atoms with van der Waals surface area (Å²) in [6.45, 7) is 3.82. The molecule has 0 spiro atoms. The van der Waals surface area contributed by atoms with Gasteiger partial charge in [0.1, 0.15) is 11.5 Å². The van der Waals surface area contributed by atoms with Crippen molar-refractivity contribution in [3.63, 3.8) is 0 Å². The zero-order chi connectivity index (χ0) is 16.7. The first-order valence-electron chi connectivity index (χ1n) is 7.12. The predicted molar refractivity (Wildman–Crippen MR) is 94.8 cm³/mol. The van der Waals surface area contributed by atoms with Gasteiger partial charge < -0.3 is 15.2 Å². The van der Waals surface area contributed by atoms with Gasteiger partial charge in [-0.05, 0) is 55.3 Å². The van der Waals surface area contributed by atoms with Gasteiger partial charge in [0.2, 0.25) is 0 Å². The van der Waals surface area contributed by atoms with E-state index in [4.69, 9.17) is 4.74 Å². The molecule has 0 unspecified atom stereocenters. The fourth-order valence-corrected chi connectivity index (χ4v) is 3.11. The number of methoxy groups -OCH3 is 1. The number of hydrogen-bond donors (Lipinski definition) is 2. The summed E-state index contributed by atoms with van der Waals surface area (Å²) in [7, 11) is 1.54. The monoisotopic (exact) mass is 373 g/mol. The van der Waals surface area contributed by atoms with Gasteiger partial charge >= 0.3 is 0 Å². The Labute approximate surface area is 142 Å². The first-order chi connectivity index (χ1) is 10.9. The first-order valence-corrected chi connectivity index (χ1v) is 7.91. The Morgan fingerprint density at radius 3 is 2.70 bits per heavy atom. The highest BCUT2D eigenvalue weighted by atomic mass is 79.9. The van der Waals surface area contributed by atoms with E-state index in [1.807, 2.05) is 32.0 Å². The van der Waals surface area contributed by atoms with Crippen molar-refractivity contribution >= 4 is 39.2 Å². The van der Waals surface area contributed by atoms with Crippen molar-refractivity contribution in [2.24, 2.45) is 0 Å². The smallest absolute Gasteiger partial charge is 0.256 e. The number of halogens is 1. The van der Waals surface area contributed by atoms with Crippen LogP contribution in [0.1, 0.15) is 22.3 Å². The summed E-state index contributed by atoms with van der Waals surface area (Å²) < 4.78 is 6.28. The molecule has 1 amide bonds. The van der Waals surface area contributed by atoms with Crippen LogP contribution >= 0.6 is 15.9 Å². The molecule has 0 bridgehead atoms. The number of phenols is 1. The van der Waals surface area contributed by atoms with Gasteiger partial charge in [-0.25, -0.2) is 0 Å². The van der Waals surface area contributed by atoms with E-state index in [0.717, 1.165) is 26.9 Å². The second-order valence-corrected chi connectivity index (χ2v) is 6.36. The lowest BCUT2D eigenvalue weighted by Crippen LogP contribution is -2.03. The molecule has 0 fully saturated rings. The van der Waals surface area contributed by atoms with E-state index in [0.29, 0.717) is 16.9 Å². The van der Waals surface area contributed by atoms with Gasteiger partial charge in [-0.15, -0.1) is 0 Å². The van der Waals surface area contributed by atoms with Crippen LogP contribution in [-0.4, -0.2) is 18.1 Å². The molecule has 0 aromatic heterocycles. The van der Waals surface area contributed by atoms with Crippen LogP contribution in [0.25, 0.3) is 11.6 Å². The number of rotatable bonds is 2. The number of phenolic OH excluding ortho intramolecular Hbond substituents is 1. The Morgan fingerprint density at radius 2 is 2.00 bits per heavy atom. The van der Waals surface area contributed by atoms with Crippen LogP contribution in [-0.2, 0) is 4.79 Å². The van der Waals surface area contributed by atoms with Crippen LogP contribution in [0, 0.1) is 13.8 Å². The predicted octanol–water partition coefficient (Wildman–Crippen LogP) is 4.27. The maximum Gasteiger partial charge on any atom is 0.256 e. The van der Waals surface area contributed by atoms with Crippen molar-refractivity contribution in [2.45, 2.75) is 13.8 Å². The summed E-state index contributed by atoms with van der Waals surface area (Å²) in [6, 6.07) is 7.24. The van der Waals surface area contributed by atoms with Crippen molar-refractivity contribution in [2.75, 3.05) is 12.4 Å². The number of carbonyl (C=O) groups excluding carboxylic acids is 1. The molecule has 3 rings (SSSR count). The van der Waals surface area contributed by atoms with Gasteiger partial charge in [0.25, 0.3) is 5.91 Å². The number of carbonyl (C=O) groups is 1. The molecule has 1 aliphatic rings. The lowest BCUT2D eigenvalue weighted by molar-refractivity contribution is -0.110. The van der Waals surface area contributed by atoms with E-state index in [1.54, 1.807) is 19.3 Å². The average molecular weight is 374 g/mol. The van der Waals surface area contributed by atoms with Gasteiger partial charge in [0, 0.05) is 15.7 Å². The molecule has 23 heavy (non-hydrogen) atoms. The lowest BCUT2D eigenvalue weighted by Gasteiger charge is -2.10. The molecule has 5 heteroatoms. The molecule has 0 saturated heterocycles. The Morgan fingerprint density at radius 1 is 1.26 bits per heavy atom. The number of anilines is 1. The van der Waals surface area contributed by atoms with E-state index >= 15 is 0 Å². The molecule has 0 saturated carbocycles. The number of aryl methyl sites for hydroxylation is 1. The van der Waals surface area contributed by atoms with Crippen LogP contribution < -0.4 is 10.1 Å². The highest BCUT2D eigenvalue weighted by Gasteiger charge is 2.27. The number of amides is 1. The Bertz CT molecular complexity index is 856. The number of fused-ring (bicyclic) bond motifs is 1.